The molecule has 0 aliphatic carbocycles. The van der Waals surface area contributed by atoms with Gasteiger partial charge in [-0.2, -0.15) is 0 Å². The SMILES string of the molecule is CCNC(CSc1ccccc1C)c1nccn1CC. The fourth-order valence-electron chi connectivity index (χ4n) is 2.26. The molecule has 0 aliphatic rings. The van der Waals surface area contributed by atoms with E-state index in [0.717, 1.165) is 24.7 Å². The van der Waals surface area contributed by atoms with E-state index in [2.05, 4.69) is 66.1 Å². The Morgan fingerprint density at radius 2 is 2.10 bits per heavy atom. The number of imidazole rings is 1. The number of thioether (sulfide) groups is 1. The molecule has 108 valence electrons. The Labute approximate surface area is 125 Å². The molecule has 2 rings (SSSR count). The van der Waals surface area contributed by atoms with Gasteiger partial charge < -0.3 is 9.88 Å². The molecular formula is C16H23N3S. The number of aromatic nitrogens is 2. The number of rotatable bonds is 7. The van der Waals surface area contributed by atoms with Crippen LogP contribution in [0.15, 0.2) is 41.6 Å². The number of benzene rings is 1. The predicted octanol–water partition coefficient (Wildman–Crippen LogP) is 3.65. The van der Waals surface area contributed by atoms with Crippen LogP contribution in [0.3, 0.4) is 0 Å². The Bertz CT molecular complexity index is 536. The molecule has 4 heteroatoms. The van der Waals surface area contributed by atoms with E-state index >= 15 is 0 Å². The zero-order valence-corrected chi connectivity index (χ0v) is 13.3. The lowest BCUT2D eigenvalue weighted by atomic mass is 10.2. The van der Waals surface area contributed by atoms with E-state index in [1.54, 1.807) is 0 Å². The minimum atomic E-state index is 0.291. The van der Waals surface area contributed by atoms with E-state index in [4.69, 9.17) is 0 Å². The molecule has 1 N–H and O–H groups in total. The smallest absolute Gasteiger partial charge is 0.126 e. The summed E-state index contributed by atoms with van der Waals surface area (Å²) in [5, 5.41) is 3.55. The lowest BCUT2D eigenvalue weighted by Gasteiger charge is -2.18. The van der Waals surface area contributed by atoms with Crippen LogP contribution in [0.5, 0.6) is 0 Å². The van der Waals surface area contributed by atoms with Crippen molar-refractivity contribution in [2.75, 3.05) is 12.3 Å². The first-order valence-electron chi connectivity index (χ1n) is 7.19. The van der Waals surface area contributed by atoms with E-state index in [0.29, 0.717) is 6.04 Å². The summed E-state index contributed by atoms with van der Waals surface area (Å²) in [6.45, 7) is 8.38. The molecule has 2 aromatic rings. The van der Waals surface area contributed by atoms with Crippen LogP contribution in [0.4, 0.5) is 0 Å². The fraction of sp³-hybridized carbons (Fsp3) is 0.438. The van der Waals surface area contributed by atoms with Crippen molar-refractivity contribution in [2.24, 2.45) is 0 Å². The Morgan fingerprint density at radius 1 is 1.30 bits per heavy atom. The Kier molecular flexibility index (Phi) is 5.68. The van der Waals surface area contributed by atoms with E-state index in [1.807, 2.05) is 18.0 Å². The van der Waals surface area contributed by atoms with Crippen LogP contribution in [-0.4, -0.2) is 21.8 Å². The van der Waals surface area contributed by atoms with Gasteiger partial charge in [-0.15, -0.1) is 11.8 Å². The number of nitrogens with zero attached hydrogens (tertiary/aromatic N) is 2. The van der Waals surface area contributed by atoms with Crippen LogP contribution in [0, 0.1) is 6.92 Å². The van der Waals surface area contributed by atoms with Crippen molar-refractivity contribution in [1.82, 2.24) is 14.9 Å². The molecule has 0 saturated carbocycles. The summed E-state index contributed by atoms with van der Waals surface area (Å²) >= 11 is 1.90. The van der Waals surface area contributed by atoms with Crippen molar-refractivity contribution < 1.29 is 0 Å². The maximum Gasteiger partial charge on any atom is 0.126 e. The van der Waals surface area contributed by atoms with Crippen molar-refractivity contribution in [1.29, 1.82) is 0 Å². The third-order valence-electron chi connectivity index (χ3n) is 3.35. The highest BCUT2D eigenvalue weighted by molar-refractivity contribution is 7.99. The minimum Gasteiger partial charge on any atom is -0.334 e. The lowest BCUT2D eigenvalue weighted by Crippen LogP contribution is -2.26. The topological polar surface area (TPSA) is 29.9 Å². The Morgan fingerprint density at radius 3 is 2.80 bits per heavy atom. The van der Waals surface area contributed by atoms with E-state index in [9.17, 15) is 0 Å². The van der Waals surface area contributed by atoms with Crippen LogP contribution in [-0.2, 0) is 6.54 Å². The molecule has 1 aromatic heterocycles. The highest BCUT2D eigenvalue weighted by Gasteiger charge is 2.16. The molecular weight excluding hydrogens is 266 g/mol. The van der Waals surface area contributed by atoms with Gasteiger partial charge in [-0.25, -0.2) is 4.98 Å². The third-order valence-corrected chi connectivity index (χ3v) is 4.62. The molecule has 3 nitrogen and oxygen atoms in total. The lowest BCUT2D eigenvalue weighted by molar-refractivity contribution is 0.539. The summed E-state index contributed by atoms with van der Waals surface area (Å²) in [6.07, 6.45) is 3.94. The van der Waals surface area contributed by atoms with Crippen molar-refractivity contribution in [3.8, 4) is 0 Å². The molecule has 1 unspecified atom stereocenters. The normalized spacial score (nSPS) is 12.6. The van der Waals surface area contributed by atoms with Crippen LogP contribution in [0.2, 0.25) is 0 Å². The molecule has 0 fully saturated rings. The second-order valence-electron chi connectivity index (χ2n) is 4.76. The molecule has 0 spiro atoms. The molecule has 20 heavy (non-hydrogen) atoms. The van der Waals surface area contributed by atoms with Crippen LogP contribution in [0.1, 0.15) is 31.3 Å². The average molecular weight is 289 g/mol. The van der Waals surface area contributed by atoms with Crippen molar-refractivity contribution >= 4 is 11.8 Å². The molecule has 1 aromatic carbocycles. The third kappa shape index (κ3) is 3.64. The number of nitrogens with one attached hydrogen (secondary N) is 1. The zero-order valence-electron chi connectivity index (χ0n) is 12.5. The van der Waals surface area contributed by atoms with Gasteiger partial charge in [0.05, 0.1) is 6.04 Å². The van der Waals surface area contributed by atoms with Crippen molar-refractivity contribution in [3.05, 3.63) is 48.0 Å². The summed E-state index contributed by atoms with van der Waals surface area (Å²) < 4.78 is 2.21. The summed E-state index contributed by atoms with van der Waals surface area (Å²) in [5.41, 5.74) is 1.34. The Balaban J connectivity index is 2.08. The van der Waals surface area contributed by atoms with Gasteiger partial charge in [-0.1, -0.05) is 25.1 Å². The largest absolute Gasteiger partial charge is 0.334 e. The highest BCUT2D eigenvalue weighted by Crippen LogP contribution is 2.26. The number of hydrogen-bond acceptors (Lipinski definition) is 3. The first-order chi connectivity index (χ1) is 9.76. The zero-order chi connectivity index (χ0) is 14.4. The summed E-state index contributed by atoms with van der Waals surface area (Å²) in [5.74, 6) is 2.13. The second kappa shape index (κ2) is 7.50. The van der Waals surface area contributed by atoms with Gasteiger partial charge in [0.2, 0.25) is 0 Å². The van der Waals surface area contributed by atoms with Gasteiger partial charge in [0.15, 0.2) is 0 Å². The average Bonchev–Trinajstić information content (AvgIpc) is 2.93. The number of aryl methyl sites for hydroxylation is 2. The molecule has 0 radical (unpaired) electrons. The van der Waals surface area contributed by atoms with Crippen LogP contribution >= 0.6 is 11.8 Å². The Hall–Kier alpha value is -1.26. The van der Waals surface area contributed by atoms with Gasteiger partial charge >= 0.3 is 0 Å². The fourth-order valence-corrected chi connectivity index (χ4v) is 3.34. The molecule has 0 saturated heterocycles. The van der Waals surface area contributed by atoms with Gasteiger partial charge in [0, 0.05) is 29.6 Å². The summed E-state index contributed by atoms with van der Waals surface area (Å²) in [6, 6.07) is 8.84. The van der Waals surface area contributed by atoms with Crippen molar-refractivity contribution in [2.45, 2.75) is 38.3 Å². The summed E-state index contributed by atoms with van der Waals surface area (Å²) in [4.78, 5) is 5.88. The molecule has 0 bridgehead atoms. The standard InChI is InChI=1S/C16H23N3S/c1-4-17-14(16-18-10-11-19(16)5-2)12-20-15-9-7-6-8-13(15)3/h6-11,14,17H,4-5,12H2,1-3H3. The number of hydrogen-bond donors (Lipinski definition) is 1. The molecule has 0 aliphatic heterocycles. The van der Waals surface area contributed by atoms with Crippen molar-refractivity contribution in [3.63, 3.8) is 0 Å². The molecule has 1 heterocycles. The van der Waals surface area contributed by atoms with Crippen LogP contribution < -0.4 is 5.32 Å². The van der Waals surface area contributed by atoms with E-state index < -0.39 is 0 Å². The predicted molar refractivity (Wildman–Crippen MR) is 86.2 cm³/mol. The van der Waals surface area contributed by atoms with E-state index in [1.165, 1.54) is 10.5 Å². The maximum atomic E-state index is 4.53. The van der Waals surface area contributed by atoms with Gasteiger partial charge in [0.1, 0.15) is 5.82 Å². The first-order valence-corrected chi connectivity index (χ1v) is 8.17. The van der Waals surface area contributed by atoms with E-state index in [-0.39, 0.29) is 0 Å². The van der Waals surface area contributed by atoms with Crippen LogP contribution in [0.25, 0.3) is 0 Å². The molecule has 1 atom stereocenters. The van der Waals surface area contributed by atoms with Gasteiger partial charge in [0.25, 0.3) is 0 Å². The minimum absolute atomic E-state index is 0.291. The monoisotopic (exact) mass is 289 g/mol. The first kappa shape index (κ1) is 15.1. The summed E-state index contributed by atoms with van der Waals surface area (Å²) in [7, 11) is 0. The second-order valence-corrected chi connectivity index (χ2v) is 5.82. The molecule has 0 amide bonds. The van der Waals surface area contributed by atoms with Gasteiger partial charge in [-0.3, -0.25) is 0 Å². The van der Waals surface area contributed by atoms with Gasteiger partial charge in [-0.05, 0) is 32.0 Å². The maximum absolute atomic E-state index is 4.53. The quantitative estimate of drug-likeness (QED) is 0.789. The highest BCUT2D eigenvalue weighted by atomic mass is 32.2.